The first-order chi connectivity index (χ1) is 8.56. The molecular formula is C16H19FO. The summed E-state index contributed by atoms with van der Waals surface area (Å²) in [6.07, 6.45) is 0. The van der Waals surface area contributed by atoms with Gasteiger partial charge < -0.3 is 5.11 Å². The molecule has 0 spiro atoms. The maximum Gasteiger partial charge on any atom is 0.126 e. The predicted octanol–water partition coefficient (Wildman–Crippen LogP) is 4.03. The summed E-state index contributed by atoms with van der Waals surface area (Å²) in [5.41, 5.74) is 5.39. The Balaban J connectivity index is 0.000000771. The lowest BCUT2D eigenvalue weighted by molar-refractivity contribution is 0.399. The van der Waals surface area contributed by atoms with Crippen LogP contribution in [0.5, 0.6) is 0 Å². The van der Waals surface area contributed by atoms with E-state index in [0.717, 1.165) is 18.2 Å². The molecule has 0 aliphatic heterocycles. The van der Waals surface area contributed by atoms with E-state index in [9.17, 15) is 4.39 Å². The van der Waals surface area contributed by atoms with E-state index in [-0.39, 0.29) is 5.82 Å². The van der Waals surface area contributed by atoms with Crippen LogP contribution in [0.4, 0.5) is 4.39 Å². The number of hydrogen-bond donors (Lipinski definition) is 1. The molecule has 0 saturated heterocycles. The number of hydrogen-bond acceptors (Lipinski definition) is 1. The first-order valence-electron chi connectivity index (χ1n) is 5.86. The summed E-state index contributed by atoms with van der Waals surface area (Å²) in [5.74, 6) is -0.145. The molecule has 0 unspecified atom stereocenters. The van der Waals surface area contributed by atoms with Gasteiger partial charge in [-0.05, 0) is 49.6 Å². The van der Waals surface area contributed by atoms with Gasteiger partial charge >= 0.3 is 0 Å². The SMILES string of the molecule is CO.Cc1cc(C)cc(-c2ccc(F)c(C)c2)c1. The van der Waals surface area contributed by atoms with Gasteiger partial charge in [-0.1, -0.05) is 35.4 Å². The topological polar surface area (TPSA) is 20.2 Å². The van der Waals surface area contributed by atoms with E-state index >= 15 is 0 Å². The van der Waals surface area contributed by atoms with Crippen LogP contribution in [0, 0.1) is 26.6 Å². The van der Waals surface area contributed by atoms with Crippen LogP contribution in [0.2, 0.25) is 0 Å². The second-order valence-corrected chi connectivity index (χ2v) is 4.34. The van der Waals surface area contributed by atoms with Gasteiger partial charge in [-0.25, -0.2) is 4.39 Å². The molecule has 2 aromatic rings. The third-order valence-electron chi connectivity index (χ3n) is 2.71. The van der Waals surface area contributed by atoms with Crippen molar-refractivity contribution in [2.24, 2.45) is 0 Å². The number of rotatable bonds is 1. The molecule has 0 amide bonds. The molecule has 96 valence electrons. The first-order valence-corrected chi connectivity index (χ1v) is 5.86. The molecule has 1 nitrogen and oxygen atoms in total. The number of aryl methyl sites for hydroxylation is 3. The average molecular weight is 246 g/mol. The summed E-state index contributed by atoms with van der Waals surface area (Å²) in [5, 5.41) is 7.00. The molecule has 1 N–H and O–H groups in total. The zero-order valence-corrected chi connectivity index (χ0v) is 11.3. The smallest absolute Gasteiger partial charge is 0.126 e. The zero-order chi connectivity index (χ0) is 13.7. The summed E-state index contributed by atoms with van der Waals surface area (Å²) >= 11 is 0. The molecule has 0 bridgehead atoms. The molecule has 0 saturated carbocycles. The molecule has 0 heterocycles. The maximum atomic E-state index is 13.2. The van der Waals surface area contributed by atoms with Crippen molar-refractivity contribution in [2.75, 3.05) is 7.11 Å². The summed E-state index contributed by atoms with van der Waals surface area (Å²) in [4.78, 5) is 0. The highest BCUT2D eigenvalue weighted by Crippen LogP contribution is 2.24. The van der Waals surface area contributed by atoms with Crippen LogP contribution in [0.15, 0.2) is 36.4 Å². The van der Waals surface area contributed by atoms with Gasteiger partial charge in [0.25, 0.3) is 0 Å². The highest BCUT2D eigenvalue weighted by atomic mass is 19.1. The van der Waals surface area contributed by atoms with Crippen LogP contribution in [0.25, 0.3) is 11.1 Å². The standard InChI is InChI=1S/C15H15F.CH4O/c1-10-6-11(2)8-14(7-10)13-4-5-15(16)12(3)9-13;1-2/h4-9H,1-3H3;2H,1H3. The minimum absolute atomic E-state index is 0.145. The molecule has 0 radical (unpaired) electrons. The fourth-order valence-corrected chi connectivity index (χ4v) is 1.97. The van der Waals surface area contributed by atoms with Crippen LogP contribution in [-0.4, -0.2) is 12.2 Å². The van der Waals surface area contributed by atoms with Crippen LogP contribution in [0.3, 0.4) is 0 Å². The van der Waals surface area contributed by atoms with Gasteiger partial charge in [-0.2, -0.15) is 0 Å². The van der Waals surface area contributed by atoms with Crippen molar-refractivity contribution in [1.29, 1.82) is 0 Å². The third-order valence-corrected chi connectivity index (χ3v) is 2.71. The van der Waals surface area contributed by atoms with Crippen molar-refractivity contribution < 1.29 is 9.50 Å². The van der Waals surface area contributed by atoms with E-state index in [0.29, 0.717) is 5.56 Å². The van der Waals surface area contributed by atoms with Crippen molar-refractivity contribution in [2.45, 2.75) is 20.8 Å². The quantitative estimate of drug-likeness (QED) is 0.805. The number of aliphatic hydroxyl groups is 1. The van der Waals surface area contributed by atoms with E-state index in [1.54, 1.807) is 6.92 Å². The Morgan fingerprint density at radius 3 is 1.83 bits per heavy atom. The number of halogens is 1. The van der Waals surface area contributed by atoms with E-state index in [4.69, 9.17) is 5.11 Å². The van der Waals surface area contributed by atoms with Crippen LogP contribution in [-0.2, 0) is 0 Å². The van der Waals surface area contributed by atoms with Crippen LogP contribution in [0.1, 0.15) is 16.7 Å². The van der Waals surface area contributed by atoms with Crippen LogP contribution >= 0.6 is 0 Å². The van der Waals surface area contributed by atoms with E-state index < -0.39 is 0 Å². The average Bonchev–Trinajstić information content (AvgIpc) is 2.34. The zero-order valence-electron chi connectivity index (χ0n) is 11.3. The Labute approximate surface area is 108 Å². The van der Waals surface area contributed by atoms with Crippen molar-refractivity contribution in [1.82, 2.24) is 0 Å². The Bertz CT molecular complexity index is 512. The molecule has 0 fully saturated rings. The van der Waals surface area contributed by atoms with Gasteiger partial charge in [0.2, 0.25) is 0 Å². The lowest BCUT2D eigenvalue weighted by Gasteiger charge is -2.06. The molecule has 0 aliphatic carbocycles. The highest BCUT2D eigenvalue weighted by molar-refractivity contribution is 5.65. The van der Waals surface area contributed by atoms with Gasteiger partial charge in [0.1, 0.15) is 5.82 Å². The van der Waals surface area contributed by atoms with Crippen molar-refractivity contribution in [3.63, 3.8) is 0 Å². The predicted molar refractivity (Wildman–Crippen MR) is 74.2 cm³/mol. The van der Waals surface area contributed by atoms with Gasteiger partial charge in [0, 0.05) is 7.11 Å². The second kappa shape index (κ2) is 6.31. The Morgan fingerprint density at radius 2 is 1.33 bits per heavy atom. The minimum atomic E-state index is -0.145. The third kappa shape index (κ3) is 3.41. The second-order valence-electron chi connectivity index (χ2n) is 4.34. The lowest BCUT2D eigenvalue weighted by atomic mass is 9.99. The fraction of sp³-hybridized carbons (Fsp3) is 0.250. The van der Waals surface area contributed by atoms with Gasteiger partial charge in [0.05, 0.1) is 0 Å². The molecular weight excluding hydrogens is 227 g/mol. The Kier molecular flexibility index (Phi) is 5.05. The van der Waals surface area contributed by atoms with E-state index in [2.05, 4.69) is 32.0 Å². The maximum absolute atomic E-state index is 13.2. The highest BCUT2D eigenvalue weighted by Gasteiger charge is 2.02. The monoisotopic (exact) mass is 246 g/mol. The molecule has 0 aliphatic rings. The lowest BCUT2D eigenvalue weighted by Crippen LogP contribution is -1.86. The Hall–Kier alpha value is -1.67. The first kappa shape index (κ1) is 14.4. The van der Waals surface area contributed by atoms with E-state index in [1.807, 2.05) is 12.1 Å². The largest absolute Gasteiger partial charge is 0.400 e. The molecule has 18 heavy (non-hydrogen) atoms. The normalized spacial score (nSPS) is 9.67. The van der Waals surface area contributed by atoms with Crippen molar-refractivity contribution >= 4 is 0 Å². The van der Waals surface area contributed by atoms with Crippen molar-refractivity contribution in [3.8, 4) is 11.1 Å². The van der Waals surface area contributed by atoms with Gasteiger partial charge in [-0.3, -0.25) is 0 Å². The molecule has 2 aromatic carbocycles. The summed E-state index contributed by atoms with van der Waals surface area (Å²) in [7, 11) is 1.00. The number of aliphatic hydroxyl groups excluding tert-OH is 1. The summed E-state index contributed by atoms with van der Waals surface area (Å²) in [6.45, 7) is 5.95. The molecule has 0 aromatic heterocycles. The van der Waals surface area contributed by atoms with Gasteiger partial charge in [0.15, 0.2) is 0 Å². The minimum Gasteiger partial charge on any atom is -0.400 e. The number of benzene rings is 2. The summed E-state index contributed by atoms with van der Waals surface area (Å²) in [6, 6.07) is 11.6. The van der Waals surface area contributed by atoms with Gasteiger partial charge in [-0.15, -0.1) is 0 Å². The molecule has 2 heteroatoms. The van der Waals surface area contributed by atoms with E-state index in [1.165, 1.54) is 17.2 Å². The van der Waals surface area contributed by atoms with Crippen molar-refractivity contribution in [3.05, 3.63) is 58.9 Å². The fourth-order valence-electron chi connectivity index (χ4n) is 1.97. The molecule has 0 atom stereocenters. The Morgan fingerprint density at radius 1 is 0.778 bits per heavy atom. The molecule has 2 rings (SSSR count). The van der Waals surface area contributed by atoms with Crippen LogP contribution < -0.4 is 0 Å². The summed E-state index contributed by atoms with van der Waals surface area (Å²) < 4.78 is 13.2.